The van der Waals surface area contributed by atoms with Gasteiger partial charge >= 0.3 is 5.97 Å². The van der Waals surface area contributed by atoms with E-state index in [1.165, 1.54) is 11.1 Å². The molecular formula is C17H23NO3. The highest BCUT2D eigenvalue weighted by atomic mass is 16.4. The third kappa shape index (κ3) is 4.06. The van der Waals surface area contributed by atoms with Gasteiger partial charge in [0.2, 0.25) is 5.91 Å². The molecular weight excluding hydrogens is 266 g/mol. The van der Waals surface area contributed by atoms with Crippen LogP contribution in [0.15, 0.2) is 24.3 Å². The molecule has 0 aliphatic heterocycles. The van der Waals surface area contributed by atoms with Gasteiger partial charge in [-0.25, -0.2) is 0 Å². The highest BCUT2D eigenvalue weighted by Crippen LogP contribution is 2.26. The number of carbonyl (C=O) groups is 2. The van der Waals surface area contributed by atoms with E-state index in [1.54, 1.807) is 0 Å². The van der Waals surface area contributed by atoms with Crippen molar-refractivity contribution in [2.75, 3.05) is 6.54 Å². The van der Waals surface area contributed by atoms with Crippen LogP contribution in [-0.2, 0) is 22.4 Å². The standard InChI is InChI=1S/C17H23NO3/c1-11(2)7-15(17(20)21)10-18-16(19)14-8-12-5-3-4-6-13(12)9-14/h3-6,11,14-15H,7-10H2,1-2H3,(H,18,19)(H,20,21). The number of aliphatic carboxylic acids is 1. The van der Waals surface area contributed by atoms with Gasteiger partial charge in [-0.05, 0) is 36.3 Å². The third-order valence-electron chi connectivity index (χ3n) is 4.05. The summed E-state index contributed by atoms with van der Waals surface area (Å²) in [4.78, 5) is 23.4. The van der Waals surface area contributed by atoms with E-state index < -0.39 is 11.9 Å². The summed E-state index contributed by atoms with van der Waals surface area (Å²) in [5.74, 6) is -1.12. The molecule has 1 aromatic carbocycles. The molecule has 1 aliphatic rings. The molecule has 0 saturated heterocycles. The first-order valence-corrected chi connectivity index (χ1v) is 7.54. The molecule has 114 valence electrons. The zero-order valence-corrected chi connectivity index (χ0v) is 12.6. The van der Waals surface area contributed by atoms with Gasteiger partial charge in [0.15, 0.2) is 0 Å². The van der Waals surface area contributed by atoms with E-state index in [0.717, 1.165) is 12.8 Å². The van der Waals surface area contributed by atoms with Crippen LogP contribution in [0.4, 0.5) is 0 Å². The van der Waals surface area contributed by atoms with Gasteiger partial charge in [0, 0.05) is 12.5 Å². The van der Waals surface area contributed by atoms with Crippen molar-refractivity contribution in [3.05, 3.63) is 35.4 Å². The monoisotopic (exact) mass is 289 g/mol. The molecule has 1 aromatic rings. The zero-order valence-electron chi connectivity index (χ0n) is 12.6. The normalized spacial score (nSPS) is 15.8. The second-order valence-corrected chi connectivity index (χ2v) is 6.28. The Bertz CT molecular complexity index is 500. The molecule has 0 aromatic heterocycles. The Labute approximate surface area is 125 Å². The maximum Gasteiger partial charge on any atom is 0.308 e. The van der Waals surface area contributed by atoms with Gasteiger partial charge < -0.3 is 10.4 Å². The van der Waals surface area contributed by atoms with Crippen LogP contribution in [-0.4, -0.2) is 23.5 Å². The van der Waals surface area contributed by atoms with E-state index in [4.69, 9.17) is 0 Å². The summed E-state index contributed by atoms with van der Waals surface area (Å²) in [7, 11) is 0. The molecule has 4 nitrogen and oxygen atoms in total. The number of hydrogen-bond donors (Lipinski definition) is 2. The van der Waals surface area contributed by atoms with Gasteiger partial charge in [-0.15, -0.1) is 0 Å². The van der Waals surface area contributed by atoms with Crippen molar-refractivity contribution in [3.8, 4) is 0 Å². The Morgan fingerprint density at radius 1 is 1.24 bits per heavy atom. The van der Waals surface area contributed by atoms with Crippen molar-refractivity contribution in [1.29, 1.82) is 0 Å². The lowest BCUT2D eigenvalue weighted by atomic mass is 9.96. The van der Waals surface area contributed by atoms with E-state index in [1.807, 2.05) is 26.0 Å². The highest BCUT2D eigenvalue weighted by Gasteiger charge is 2.28. The quantitative estimate of drug-likeness (QED) is 0.844. The predicted octanol–water partition coefficient (Wildman–Crippen LogP) is 2.26. The van der Waals surface area contributed by atoms with Crippen LogP contribution in [0.1, 0.15) is 31.4 Å². The first-order valence-electron chi connectivity index (χ1n) is 7.54. The summed E-state index contributed by atoms with van der Waals surface area (Å²) in [6, 6.07) is 8.09. The second-order valence-electron chi connectivity index (χ2n) is 6.28. The van der Waals surface area contributed by atoms with E-state index in [9.17, 15) is 14.7 Å². The summed E-state index contributed by atoms with van der Waals surface area (Å²) >= 11 is 0. The summed E-state index contributed by atoms with van der Waals surface area (Å²) < 4.78 is 0. The fraction of sp³-hybridized carbons (Fsp3) is 0.529. The lowest BCUT2D eigenvalue weighted by Crippen LogP contribution is -2.37. The van der Waals surface area contributed by atoms with Crippen LogP contribution in [0.25, 0.3) is 0 Å². The lowest BCUT2D eigenvalue weighted by Gasteiger charge is -2.17. The van der Waals surface area contributed by atoms with Crippen LogP contribution in [0, 0.1) is 17.8 Å². The smallest absolute Gasteiger partial charge is 0.308 e. The van der Waals surface area contributed by atoms with Crippen molar-refractivity contribution in [1.82, 2.24) is 5.32 Å². The van der Waals surface area contributed by atoms with Gasteiger partial charge in [-0.3, -0.25) is 9.59 Å². The first kappa shape index (κ1) is 15.5. The molecule has 0 radical (unpaired) electrons. The Hall–Kier alpha value is -1.84. The third-order valence-corrected chi connectivity index (χ3v) is 4.05. The van der Waals surface area contributed by atoms with E-state index >= 15 is 0 Å². The Kier molecular flexibility index (Phi) is 4.99. The van der Waals surface area contributed by atoms with Gasteiger partial charge in [-0.1, -0.05) is 38.1 Å². The van der Waals surface area contributed by atoms with Gasteiger partial charge in [0.05, 0.1) is 5.92 Å². The molecule has 1 atom stereocenters. The van der Waals surface area contributed by atoms with Crippen molar-refractivity contribution >= 4 is 11.9 Å². The Morgan fingerprint density at radius 2 is 1.81 bits per heavy atom. The molecule has 1 unspecified atom stereocenters. The minimum atomic E-state index is -0.835. The lowest BCUT2D eigenvalue weighted by molar-refractivity contribution is -0.142. The molecule has 2 rings (SSSR count). The van der Waals surface area contributed by atoms with E-state index in [-0.39, 0.29) is 18.4 Å². The minimum Gasteiger partial charge on any atom is -0.481 e. The van der Waals surface area contributed by atoms with Crippen LogP contribution >= 0.6 is 0 Å². The molecule has 0 fully saturated rings. The number of carboxylic acids is 1. The number of carbonyl (C=O) groups excluding carboxylic acids is 1. The number of amides is 1. The number of rotatable bonds is 6. The summed E-state index contributed by atoms with van der Waals surface area (Å²) in [6.07, 6.45) is 2.09. The van der Waals surface area contributed by atoms with Gasteiger partial charge in [-0.2, -0.15) is 0 Å². The predicted molar refractivity (Wildman–Crippen MR) is 80.9 cm³/mol. The fourth-order valence-electron chi connectivity index (χ4n) is 2.95. The van der Waals surface area contributed by atoms with E-state index in [0.29, 0.717) is 12.3 Å². The largest absolute Gasteiger partial charge is 0.481 e. The molecule has 4 heteroatoms. The molecule has 0 saturated carbocycles. The number of nitrogens with one attached hydrogen (secondary N) is 1. The Morgan fingerprint density at radius 3 is 2.29 bits per heavy atom. The summed E-state index contributed by atoms with van der Waals surface area (Å²) in [5.41, 5.74) is 2.46. The fourth-order valence-corrected chi connectivity index (χ4v) is 2.95. The molecule has 0 heterocycles. The molecule has 0 bridgehead atoms. The van der Waals surface area contributed by atoms with Crippen LogP contribution < -0.4 is 5.32 Å². The van der Waals surface area contributed by atoms with Gasteiger partial charge in [0.25, 0.3) is 0 Å². The maximum atomic E-state index is 12.2. The van der Waals surface area contributed by atoms with Crippen LogP contribution in [0.5, 0.6) is 0 Å². The number of benzene rings is 1. The number of carboxylic acid groups (broad SMARTS) is 1. The molecule has 1 amide bonds. The SMILES string of the molecule is CC(C)CC(CNC(=O)C1Cc2ccccc2C1)C(=O)O. The number of hydrogen-bond acceptors (Lipinski definition) is 2. The van der Waals surface area contributed by atoms with E-state index in [2.05, 4.69) is 17.4 Å². The average Bonchev–Trinajstić information content (AvgIpc) is 2.86. The maximum absolute atomic E-state index is 12.2. The minimum absolute atomic E-state index is 0.0267. The van der Waals surface area contributed by atoms with Crippen LogP contribution in [0.3, 0.4) is 0 Å². The second kappa shape index (κ2) is 6.74. The first-order chi connectivity index (χ1) is 9.97. The van der Waals surface area contributed by atoms with Crippen molar-refractivity contribution < 1.29 is 14.7 Å². The molecule has 1 aliphatic carbocycles. The van der Waals surface area contributed by atoms with Gasteiger partial charge in [0.1, 0.15) is 0 Å². The molecule has 21 heavy (non-hydrogen) atoms. The zero-order chi connectivity index (χ0) is 15.4. The summed E-state index contributed by atoms with van der Waals surface area (Å²) in [5, 5.41) is 12.0. The highest BCUT2D eigenvalue weighted by molar-refractivity contribution is 5.81. The van der Waals surface area contributed by atoms with Crippen molar-refractivity contribution in [2.24, 2.45) is 17.8 Å². The van der Waals surface area contributed by atoms with Crippen LogP contribution in [0.2, 0.25) is 0 Å². The average molecular weight is 289 g/mol. The molecule has 0 spiro atoms. The number of fused-ring (bicyclic) bond motifs is 1. The van der Waals surface area contributed by atoms with Crippen molar-refractivity contribution in [3.63, 3.8) is 0 Å². The Balaban J connectivity index is 1.87. The topological polar surface area (TPSA) is 66.4 Å². The summed E-state index contributed by atoms with van der Waals surface area (Å²) in [6.45, 7) is 4.20. The molecule has 2 N–H and O–H groups in total. The van der Waals surface area contributed by atoms with Crippen molar-refractivity contribution in [2.45, 2.75) is 33.1 Å².